The first-order chi connectivity index (χ1) is 8.24. The Hall–Kier alpha value is -1.42. The third-order valence-electron chi connectivity index (χ3n) is 3.78. The Morgan fingerprint density at radius 3 is 2.71 bits per heavy atom. The lowest BCUT2D eigenvalue weighted by Gasteiger charge is -2.17. The largest absolute Gasteiger partial charge is 0.337 e. The van der Waals surface area contributed by atoms with Gasteiger partial charge in [0.15, 0.2) is 0 Å². The highest BCUT2D eigenvalue weighted by molar-refractivity contribution is 5.92. The first-order valence-electron chi connectivity index (χ1n) is 6.17. The lowest BCUT2D eigenvalue weighted by atomic mass is 10.0. The summed E-state index contributed by atoms with van der Waals surface area (Å²) in [5.74, 6) is 1.37. The number of carbonyl (C=O) groups is 1. The Bertz CT molecular complexity index is 434. The molecule has 1 amide bonds. The minimum absolute atomic E-state index is 0.0862. The van der Waals surface area contributed by atoms with Gasteiger partial charge in [-0.3, -0.25) is 4.79 Å². The van der Waals surface area contributed by atoms with E-state index in [4.69, 9.17) is 0 Å². The molecule has 3 heterocycles. The number of carbonyl (C=O) groups excluding carboxylic acids is 1. The lowest BCUT2D eigenvalue weighted by molar-refractivity contribution is 0.0775. The van der Waals surface area contributed by atoms with Gasteiger partial charge in [0, 0.05) is 31.9 Å². The first kappa shape index (κ1) is 10.7. The van der Waals surface area contributed by atoms with Crippen LogP contribution in [-0.4, -0.2) is 42.0 Å². The van der Waals surface area contributed by atoms with Crippen molar-refractivity contribution in [1.29, 1.82) is 0 Å². The third kappa shape index (κ3) is 1.93. The molecule has 2 aliphatic rings. The number of nitrogens with one attached hydrogen (secondary N) is 1. The Labute approximate surface area is 101 Å². The molecule has 0 bridgehead atoms. The van der Waals surface area contributed by atoms with Crippen LogP contribution in [0.3, 0.4) is 0 Å². The highest BCUT2D eigenvalue weighted by Crippen LogP contribution is 2.27. The molecule has 4 nitrogen and oxygen atoms in total. The van der Waals surface area contributed by atoms with E-state index in [1.807, 2.05) is 30.0 Å². The number of rotatable bonds is 1. The molecule has 2 fully saturated rings. The summed E-state index contributed by atoms with van der Waals surface area (Å²) in [6.45, 7) is 5.78. The van der Waals surface area contributed by atoms with Crippen LogP contribution >= 0.6 is 0 Å². The van der Waals surface area contributed by atoms with Crippen LogP contribution in [-0.2, 0) is 0 Å². The third-order valence-corrected chi connectivity index (χ3v) is 3.78. The summed E-state index contributed by atoms with van der Waals surface area (Å²) in [6, 6.07) is 5.62. The fraction of sp³-hybridized carbons (Fsp3) is 0.538. The minimum atomic E-state index is 0.0862. The molecule has 2 saturated heterocycles. The number of aromatic nitrogens is 1. The van der Waals surface area contributed by atoms with Gasteiger partial charge in [0.25, 0.3) is 5.91 Å². The van der Waals surface area contributed by atoms with E-state index < -0.39 is 0 Å². The number of likely N-dealkylation sites (tertiary alicyclic amines) is 1. The van der Waals surface area contributed by atoms with Crippen LogP contribution in [0.1, 0.15) is 16.2 Å². The normalized spacial score (nSPS) is 27.2. The second-order valence-electron chi connectivity index (χ2n) is 5.05. The number of amides is 1. The fourth-order valence-corrected chi connectivity index (χ4v) is 2.85. The molecule has 2 aliphatic heterocycles. The zero-order chi connectivity index (χ0) is 11.8. The molecule has 0 aliphatic carbocycles. The average molecular weight is 231 g/mol. The number of aryl methyl sites for hydroxylation is 1. The Kier molecular flexibility index (Phi) is 2.59. The van der Waals surface area contributed by atoms with Crippen LogP contribution in [0.5, 0.6) is 0 Å². The van der Waals surface area contributed by atoms with Gasteiger partial charge < -0.3 is 10.2 Å². The molecule has 17 heavy (non-hydrogen) atoms. The summed E-state index contributed by atoms with van der Waals surface area (Å²) in [5.41, 5.74) is 1.48. The molecule has 1 N–H and O–H groups in total. The van der Waals surface area contributed by atoms with Gasteiger partial charge in [-0.05, 0) is 30.9 Å². The van der Waals surface area contributed by atoms with Crippen molar-refractivity contribution >= 4 is 5.91 Å². The number of fused-ring (bicyclic) bond motifs is 1. The summed E-state index contributed by atoms with van der Waals surface area (Å²) in [6.07, 6.45) is 0. The van der Waals surface area contributed by atoms with Crippen molar-refractivity contribution in [3.63, 3.8) is 0 Å². The van der Waals surface area contributed by atoms with Gasteiger partial charge in [-0.25, -0.2) is 4.98 Å². The highest BCUT2D eigenvalue weighted by atomic mass is 16.2. The predicted molar refractivity (Wildman–Crippen MR) is 64.7 cm³/mol. The van der Waals surface area contributed by atoms with Gasteiger partial charge in [-0.15, -0.1) is 0 Å². The zero-order valence-corrected chi connectivity index (χ0v) is 10.0. The Morgan fingerprint density at radius 1 is 1.35 bits per heavy atom. The molecular formula is C13H17N3O. The Balaban J connectivity index is 1.75. The molecule has 1 aromatic heterocycles. The zero-order valence-electron chi connectivity index (χ0n) is 10.0. The molecule has 0 aromatic carbocycles. The molecule has 2 atom stereocenters. The molecular weight excluding hydrogens is 214 g/mol. The van der Waals surface area contributed by atoms with E-state index in [9.17, 15) is 4.79 Å². The number of nitrogens with zero attached hydrogens (tertiary/aromatic N) is 2. The summed E-state index contributed by atoms with van der Waals surface area (Å²) < 4.78 is 0. The number of hydrogen-bond donors (Lipinski definition) is 1. The van der Waals surface area contributed by atoms with E-state index in [2.05, 4.69) is 10.3 Å². The van der Waals surface area contributed by atoms with Gasteiger partial charge >= 0.3 is 0 Å². The standard InChI is InChI=1S/C13H17N3O/c1-9-3-2-4-12(15-9)13(17)16-7-10-5-14-6-11(10)8-16/h2-4,10-11,14H,5-8H2,1H3/t10-,11+. The maximum atomic E-state index is 12.3. The molecule has 0 radical (unpaired) electrons. The molecule has 0 unspecified atom stereocenters. The number of hydrogen-bond acceptors (Lipinski definition) is 3. The lowest BCUT2D eigenvalue weighted by Crippen LogP contribution is -2.32. The quantitative estimate of drug-likeness (QED) is 0.773. The molecule has 0 saturated carbocycles. The van der Waals surface area contributed by atoms with Crippen LogP contribution in [0.4, 0.5) is 0 Å². The first-order valence-corrected chi connectivity index (χ1v) is 6.17. The highest BCUT2D eigenvalue weighted by Gasteiger charge is 2.38. The second kappa shape index (κ2) is 4.11. The van der Waals surface area contributed by atoms with Crippen molar-refractivity contribution in [2.75, 3.05) is 26.2 Å². The van der Waals surface area contributed by atoms with E-state index >= 15 is 0 Å². The smallest absolute Gasteiger partial charge is 0.272 e. The van der Waals surface area contributed by atoms with Crippen molar-refractivity contribution in [1.82, 2.24) is 15.2 Å². The molecule has 1 aromatic rings. The maximum absolute atomic E-state index is 12.3. The van der Waals surface area contributed by atoms with E-state index in [1.54, 1.807) is 0 Å². The monoisotopic (exact) mass is 231 g/mol. The molecule has 4 heteroatoms. The van der Waals surface area contributed by atoms with Crippen LogP contribution < -0.4 is 5.32 Å². The summed E-state index contributed by atoms with van der Waals surface area (Å²) in [4.78, 5) is 18.5. The molecule has 3 rings (SSSR count). The van der Waals surface area contributed by atoms with Crippen molar-refractivity contribution in [2.24, 2.45) is 11.8 Å². The van der Waals surface area contributed by atoms with Crippen molar-refractivity contribution in [3.8, 4) is 0 Å². The Morgan fingerprint density at radius 2 is 2.06 bits per heavy atom. The summed E-state index contributed by atoms with van der Waals surface area (Å²) in [7, 11) is 0. The van der Waals surface area contributed by atoms with Gasteiger partial charge in [-0.2, -0.15) is 0 Å². The SMILES string of the molecule is Cc1cccc(C(=O)N2C[C@H]3CNC[C@H]3C2)n1. The van der Waals surface area contributed by atoms with Gasteiger partial charge in [0.1, 0.15) is 5.69 Å². The molecule has 0 spiro atoms. The van der Waals surface area contributed by atoms with E-state index in [-0.39, 0.29) is 5.91 Å². The maximum Gasteiger partial charge on any atom is 0.272 e. The van der Waals surface area contributed by atoms with Crippen LogP contribution in [0.15, 0.2) is 18.2 Å². The minimum Gasteiger partial charge on any atom is -0.337 e. The van der Waals surface area contributed by atoms with Gasteiger partial charge in [-0.1, -0.05) is 6.07 Å². The van der Waals surface area contributed by atoms with Gasteiger partial charge in [0.2, 0.25) is 0 Å². The van der Waals surface area contributed by atoms with Crippen LogP contribution in [0, 0.1) is 18.8 Å². The topological polar surface area (TPSA) is 45.2 Å². The van der Waals surface area contributed by atoms with Crippen molar-refractivity contribution < 1.29 is 4.79 Å². The average Bonchev–Trinajstić information content (AvgIpc) is 2.88. The second-order valence-corrected chi connectivity index (χ2v) is 5.05. The van der Waals surface area contributed by atoms with E-state index in [0.29, 0.717) is 17.5 Å². The summed E-state index contributed by atoms with van der Waals surface area (Å²) >= 11 is 0. The molecule has 90 valence electrons. The van der Waals surface area contributed by atoms with Gasteiger partial charge in [0.05, 0.1) is 0 Å². The summed E-state index contributed by atoms with van der Waals surface area (Å²) in [5, 5.41) is 3.38. The van der Waals surface area contributed by atoms with Crippen LogP contribution in [0.25, 0.3) is 0 Å². The van der Waals surface area contributed by atoms with E-state index in [0.717, 1.165) is 31.9 Å². The fourth-order valence-electron chi connectivity index (χ4n) is 2.85. The van der Waals surface area contributed by atoms with Crippen LogP contribution in [0.2, 0.25) is 0 Å². The van der Waals surface area contributed by atoms with Crippen molar-refractivity contribution in [2.45, 2.75) is 6.92 Å². The number of pyridine rings is 1. The van der Waals surface area contributed by atoms with Crippen molar-refractivity contribution in [3.05, 3.63) is 29.6 Å². The van der Waals surface area contributed by atoms with E-state index in [1.165, 1.54) is 0 Å². The predicted octanol–water partition coefficient (Wildman–Crippen LogP) is 0.681.